The second kappa shape index (κ2) is 16.1. The molecule has 1 aliphatic carbocycles. The number of nitrogens with zero attached hydrogens (tertiary/aromatic N) is 4. The molecule has 0 radical (unpaired) electrons. The van der Waals surface area contributed by atoms with Gasteiger partial charge in [-0.05, 0) is 55.6 Å². The minimum absolute atomic E-state index is 0.0129. The molecule has 2 bridgehead atoms. The van der Waals surface area contributed by atoms with Gasteiger partial charge in [0.1, 0.15) is 6.23 Å². The van der Waals surface area contributed by atoms with Gasteiger partial charge in [-0.25, -0.2) is 9.78 Å². The van der Waals surface area contributed by atoms with Gasteiger partial charge in [0.25, 0.3) is 5.69 Å². The molecule has 0 aromatic heterocycles. The molecule has 1 spiro atoms. The Kier molecular flexibility index (Phi) is 12.2. The third-order valence-corrected chi connectivity index (χ3v) is 12.2. The molecule has 1 aromatic carbocycles. The lowest BCUT2D eigenvalue weighted by Crippen LogP contribution is -2.72. The van der Waals surface area contributed by atoms with Gasteiger partial charge in [-0.15, -0.1) is 23.2 Å². The second-order valence-corrected chi connectivity index (χ2v) is 15.9. The summed E-state index contributed by atoms with van der Waals surface area (Å²) in [4.78, 5) is 55.9. The number of hydrogen-bond acceptors (Lipinski definition) is 11. The number of rotatable bonds is 13. The number of hydrogen-bond donors (Lipinski definition) is 2. The Morgan fingerprint density at radius 2 is 1.80 bits per heavy atom. The highest BCUT2D eigenvalue weighted by Gasteiger charge is 2.69. The SMILES string of the molecule is C[C@H]1[C@@H](NC(=O)CN2CCN(C(=O)[C@@H](N)Cc3cc([N+](=O)[O-])ccc3CN(CCCl)CCCl)CC2)O[C@@H]2OC3(C)CCC4[C@H](C)CC[C@@H]1C42OO3. The molecule has 3 unspecified atom stereocenters. The number of carbonyl (C=O) groups excluding carboxylic acids is 2. The lowest BCUT2D eigenvalue weighted by Gasteiger charge is -2.60. The molecule has 5 aliphatic heterocycles. The highest BCUT2D eigenvalue weighted by Crippen LogP contribution is 2.60. The van der Waals surface area contributed by atoms with Gasteiger partial charge >= 0.3 is 0 Å². The van der Waals surface area contributed by atoms with E-state index in [-0.39, 0.29) is 48.2 Å². The van der Waals surface area contributed by atoms with Crippen LogP contribution in [0.25, 0.3) is 0 Å². The van der Waals surface area contributed by atoms with E-state index in [4.69, 9.17) is 48.2 Å². The standard InChI is InChI=1S/C35H52Cl2N6O8/c1-22-4-7-28-23(2)31(48-33-35(28)27(22)8-9-34(3,49-33)50-51-35)39-30(44)21-41-14-16-42(17-15-41)32(45)29(38)19-25-18-26(43(46)47)6-5-24(25)20-40(12-10-36)13-11-37/h5-6,18,22-23,27-29,31,33H,4,7-17,19-21,38H2,1-3H3,(H,39,44)/t22-,23-,27?,28+,29+,31+,33-,34?,35?/m1/s1. The van der Waals surface area contributed by atoms with Gasteiger partial charge < -0.3 is 25.4 Å². The fraction of sp³-hybridized carbons (Fsp3) is 0.771. The van der Waals surface area contributed by atoms with Crippen molar-refractivity contribution in [1.82, 2.24) is 20.0 Å². The molecule has 14 nitrogen and oxygen atoms in total. The Hall–Kier alpha value is -2.14. The van der Waals surface area contributed by atoms with Crippen LogP contribution in [0.2, 0.25) is 0 Å². The number of halogens is 2. The minimum Gasteiger partial charge on any atom is -0.339 e. The molecule has 5 saturated heterocycles. The van der Waals surface area contributed by atoms with Crippen molar-refractivity contribution >= 4 is 40.7 Å². The zero-order valence-electron chi connectivity index (χ0n) is 29.8. The average molecular weight is 756 g/mol. The van der Waals surface area contributed by atoms with Gasteiger partial charge in [-0.2, -0.15) is 0 Å². The van der Waals surface area contributed by atoms with E-state index in [0.29, 0.717) is 69.1 Å². The van der Waals surface area contributed by atoms with Crippen LogP contribution in [-0.2, 0) is 41.8 Å². The number of piperazine rings is 1. The molecular weight excluding hydrogens is 703 g/mol. The first kappa shape index (κ1) is 38.6. The second-order valence-electron chi connectivity index (χ2n) is 15.2. The first-order valence-corrected chi connectivity index (χ1v) is 19.3. The number of non-ortho nitro benzene ring substituents is 1. The summed E-state index contributed by atoms with van der Waals surface area (Å²) in [7, 11) is 0. The van der Waals surface area contributed by atoms with Crippen molar-refractivity contribution < 1.29 is 33.8 Å². The summed E-state index contributed by atoms with van der Waals surface area (Å²) >= 11 is 12.0. The van der Waals surface area contributed by atoms with Gasteiger partial charge in [0.15, 0.2) is 11.9 Å². The van der Waals surface area contributed by atoms with Gasteiger partial charge in [-0.3, -0.25) is 29.5 Å². The molecule has 284 valence electrons. The number of ether oxygens (including phenoxy) is 2. The maximum absolute atomic E-state index is 13.5. The maximum Gasteiger partial charge on any atom is 0.269 e. The summed E-state index contributed by atoms with van der Waals surface area (Å²) in [5.41, 5.74) is 7.19. The monoisotopic (exact) mass is 754 g/mol. The maximum atomic E-state index is 13.5. The van der Waals surface area contributed by atoms with E-state index in [0.717, 1.165) is 31.2 Å². The van der Waals surface area contributed by atoms with Crippen molar-refractivity contribution in [2.75, 3.05) is 57.6 Å². The van der Waals surface area contributed by atoms with Gasteiger partial charge in [0.05, 0.1) is 17.5 Å². The van der Waals surface area contributed by atoms with Gasteiger partial charge in [0, 0.05) is 88.0 Å². The van der Waals surface area contributed by atoms with Crippen molar-refractivity contribution in [2.24, 2.45) is 29.4 Å². The number of nitrogens with two attached hydrogens (primary N) is 1. The van der Waals surface area contributed by atoms with Crippen LogP contribution in [0.15, 0.2) is 18.2 Å². The quantitative estimate of drug-likeness (QED) is 0.132. The highest BCUT2D eigenvalue weighted by molar-refractivity contribution is 6.18. The van der Waals surface area contributed by atoms with Gasteiger partial charge in [0.2, 0.25) is 17.6 Å². The zero-order valence-corrected chi connectivity index (χ0v) is 31.3. The Balaban J connectivity index is 1.02. The molecule has 6 fully saturated rings. The lowest BCUT2D eigenvalue weighted by atomic mass is 9.58. The van der Waals surface area contributed by atoms with Crippen LogP contribution in [-0.4, -0.2) is 119 Å². The van der Waals surface area contributed by atoms with Crippen LogP contribution in [0.4, 0.5) is 5.69 Å². The normalized spacial score (nSPS) is 34.1. The molecule has 6 aliphatic rings. The van der Waals surface area contributed by atoms with Crippen molar-refractivity contribution in [1.29, 1.82) is 0 Å². The molecule has 5 heterocycles. The summed E-state index contributed by atoms with van der Waals surface area (Å²) in [5, 5.41) is 14.7. The molecule has 3 N–H and O–H groups in total. The molecule has 7 rings (SSSR count). The van der Waals surface area contributed by atoms with E-state index in [1.165, 1.54) is 12.1 Å². The van der Waals surface area contributed by atoms with Crippen LogP contribution < -0.4 is 11.1 Å². The first-order chi connectivity index (χ1) is 24.4. The van der Waals surface area contributed by atoms with Crippen LogP contribution in [0, 0.1) is 33.8 Å². The fourth-order valence-electron chi connectivity index (χ4n) is 8.98. The van der Waals surface area contributed by atoms with E-state index < -0.39 is 34.9 Å². The Bertz CT molecular complexity index is 1430. The number of benzene rings is 1. The molecule has 16 heteroatoms. The summed E-state index contributed by atoms with van der Waals surface area (Å²) in [5.74, 6) is 0.358. The Morgan fingerprint density at radius 3 is 2.49 bits per heavy atom. The zero-order chi connectivity index (χ0) is 36.5. The summed E-state index contributed by atoms with van der Waals surface area (Å²) in [6.45, 7) is 9.93. The molecule has 1 aromatic rings. The van der Waals surface area contributed by atoms with Crippen molar-refractivity contribution in [2.45, 2.75) is 89.4 Å². The predicted octanol–water partition coefficient (Wildman–Crippen LogP) is 3.21. The van der Waals surface area contributed by atoms with Crippen molar-refractivity contribution in [3.63, 3.8) is 0 Å². The van der Waals surface area contributed by atoms with Crippen molar-refractivity contribution in [3.05, 3.63) is 39.4 Å². The van der Waals surface area contributed by atoms with Gasteiger partial charge in [-0.1, -0.05) is 19.9 Å². The van der Waals surface area contributed by atoms with E-state index in [2.05, 4.69) is 24.1 Å². The summed E-state index contributed by atoms with van der Waals surface area (Å²) in [6.07, 6.45) is 2.66. The number of nitro groups is 1. The number of amides is 2. The van der Waals surface area contributed by atoms with Crippen LogP contribution in [0.1, 0.15) is 57.6 Å². The van der Waals surface area contributed by atoms with Crippen molar-refractivity contribution in [3.8, 4) is 0 Å². The average Bonchev–Trinajstić information content (AvgIpc) is 3.33. The molecule has 2 amide bonds. The number of fused-ring (bicyclic) bond motifs is 2. The number of nitro benzene ring substituents is 1. The number of carbonyl (C=O) groups is 2. The minimum atomic E-state index is -0.886. The van der Waals surface area contributed by atoms with E-state index in [9.17, 15) is 19.7 Å². The molecule has 9 atom stereocenters. The third-order valence-electron chi connectivity index (χ3n) is 11.9. The Morgan fingerprint density at radius 1 is 1.08 bits per heavy atom. The number of alkyl halides is 2. The highest BCUT2D eigenvalue weighted by atomic mass is 35.5. The summed E-state index contributed by atoms with van der Waals surface area (Å²) in [6, 6.07) is 3.78. The predicted molar refractivity (Wildman–Crippen MR) is 189 cm³/mol. The van der Waals surface area contributed by atoms with Crippen LogP contribution >= 0.6 is 23.2 Å². The summed E-state index contributed by atoms with van der Waals surface area (Å²) < 4.78 is 12.9. The fourth-order valence-corrected chi connectivity index (χ4v) is 9.46. The smallest absolute Gasteiger partial charge is 0.269 e. The topological polar surface area (TPSA) is 162 Å². The molecular formula is C35H52Cl2N6O8. The Labute approximate surface area is 309 Å². The molecule has 1 saturated carbocycles. The third kappa shape index (κ3) is 8.04. The largest absolute Gasteiger partial charge is 0.339 e. The number of nitrogens with one attached hydrogen (secondary N) is 1. The van der Waals surface area contributed by atoms with Crippen LogP contribution in [0.3, 0.4) is 0 Å². The lowest BCUT2D eigenvalue weighted by molar-refractivity contribution is -0.571. The van der Waals surface area contributed by atoms with E-state index in [1.54, 1.807) is 11.0 Å². The van der Waals surface area contributed by atoms with E-state index >= 15 is 0 Å². The first-order valence-electron chi connectivity index (χ1n) is 18.2. The van der Waals surface area contributed by atoms with Crippen LogP contribution in [0.5, 0.6) is 0 Å². The molecule has 51 heavy (non-hydrogen) atoms. The van der Waals surface area contributed by atoms with E-state index in [1.807, 2.05) is 11.8 Å².